The van der Waals surface area contributed by atoms with E-state index in [0.29, 0.717) is 30.3 Å². The number of hydrogen-bond acceptors (Lipinski definition) is 5. The predicted molar refractivity (Wildman–Crippen MR) is 100 cm³/mol. The number of rotatable bonds is 5. The molecule has 1 amide bonds. The third-order valence-electron chi connectivity index (χ3n) is 4.15. The van der Waals surface area contributed by atoms with E-state index < -0.39 is 18.0 Å². The van der Waals surface area contributed by atoms with Crippen LogP contribution in [-0.4, -0.2) is 43.1 Å². The van der Waals surface area contributed by atoms with Crippen LogP contribution in [0.15, 0.2) is 36.4 Å². The Morgan fingerprint density at radius 2 is 2.00 bits per heavy atom. The van der Waals surface area contributed by atoms with Crippen LogP contribution in [-0.2, 0) is 16.1 Å². The van der Waals surface area contributed by atoms with Gasteiger partial charge in [-0.05, 0) is 36.8 Å². The summed E-state index contributed by atoms with van der Waals surface area (Å²) in [6.45, 7) is 2.39. The van der Waals surface area contributed by atoms with Gasteiger partial charge in [-0.15, -0.1) is 0 Å². The second-order valence-corrected chi connectivity index (χ2v) is 6.76. The molecule has 0 fully saturated rings. The topological polar surface area (TPSA) is 65.1 Å². The van der Waals surface area contributed by atoms with Crippen LogP contribution < -0.4 is 9.47 Å². The van der Waals surface area contributed by atoms with Crippen molar-refractivity contribution < 1.29 is 28.2 Å². The number of fused-ring (bicyclic) bond motifs is 1. The fourth-order valence-corrected chi connectivity index (χ4v) is 3.07. The summed E-state index contributed by atoms with van der Waals surface area (Å²) in [5.41, 5.74) is 0.787. The molecule has 1 aliphatic rings. The normalized spacial score (nSPS) is 13.6. The van der Waals surface area contributed by atoms with Crippen molar-refractivity contribution in [2.45, 2.75) is 19.6 Å². The maximum Gasteiger partial charge on any atom is 0.339 e. The molecule has 0 aromatic heterocycles. The van der Waals surface area contributed by atoms with E-state index in [1.54, 1.807) is 19.2 Å². The lowest BCUT2D eigenvalue weighted by atomic mass is 10.2. The molecule has 0 spiro atoms. The van der Waals surface area contributed by atoms with Crippen molar-refractivity contribution in [3.63, 3.8) is 0 Å². The van der Waals surface area contributed by atoms with Crippen LogP contribution in [0.25, 0.3) is 0 Å². The van der Waals surface area contributed by atoms with Gasteiger partial charge in [0.05, 0.1) is 10.6 Å². The maximum absolute atomic E-state index is 13.3. The van der Waals surface area contributed by atoms with Crippen molar-refractivity contribution in [3.8, 4) is 11.5 Å². The minimum absolute atomic E-state index is 0.154. The molecular formula is C20H19ClFNO5. The Balaban J connectivity index is 1.65. The van der Waals surface area contributed by atoms with Gasteiger partial charge >= 0.3 is 5.97 Å². The lowest BCUT2D eigenvalue weighted by Gasteiger charge is -2.22. The van der Waals surface area contributed by atoms with Crippen molar-refractivity contribution in [3.05, 3.63) is 58.4 Å². The number of nitrogens with zero attached hydrogens (tertiary/aromatic N) is 1. The molecule has 0 aliphatic carbocycles. The van der Waals surface area contributed by atoms with Gasteiger partial charge in [-0.1, -0.05) is 23.7 Å². The first-order valence-electron chi connectivity index (χ1n) is 8.64. The highest BCUT2D eigenvalue weighted by molar-refractivity contribution is 6.32. The van der Waals surface area contributed by atoms with Crippen LogP contribution in [0.1, 0.15) is 22.8 Å². The van der Waals surface area contributed by atoms with Crippen LogP contribution in [0.3, 0.4) is 0 Å². The van der Waals surface area contributed by atoms with Gasteiger partial charge in [-0.25, -0.2) is 9.18 Å². The van der Waals surface area contributed by atoms with Crippen LogP contribution in [0.2, 0.25) is 5.02 Å². The summed E-state index contributed by atoms with van der Waals surface area (Å²) in [6, 6.07) is 8.83. The number of amides is 1. The molecule has 0 N–H and O–H groups in total. The number of hydrogen-bond donors (Lipinski definition) is 0. The highest BCUT2D eigenvalue weighted by Crippen LogP contribution is 2.38. The Hall–Kier alpha value is -2.80. The SMILES string of the molecule is CC(OC(=O)c1cc(Cl)c2c(c1)OCCO2)C(=O)N(C)Cc1cccc(F)c1. The first kappa shape index (κ1) is 19.9. The lowest BCUT2D eigenvalue weighted by molar-refractivity contribution is -0.139. The van der Waals surface area contributed by atoms with Gasteiger partial charge in [0.1, 0.15) is 19.0 Å². The van der Waals surface area contributed by atoms with Crippen molar-refractivity contribution in [1.82, 2.24) is 4.90 Å². The van der Waals surface area contributed by atoms with E-state index in [-0.39, 0.29) is 22.9 Å². The van der Waals surface area contributed by atoms with Crippen molar-refractivity contribution in [2.75, 3.05) is 20.3 Å². The van der Waals surface area contributed by atoms with Crippen molar-refractivity contribution in [2.24, 2.45) is 0 Å². The quantitative estimate of drug-likeness (QED) is 0.710. The summed E-state index contributed by atoms with van der Waals surface area (Å²) in [6.07, 6.45) is -1.03. The fourth-order valence-electron chi connectivity index (χ4n) is 2.81. The number of halogens is 2. The molecule has 1 unspecified atom stereocenters. The summed E-state index contributed by atoms with van der Waals surface area (Å²) >= 11 is 6.13. The molecule has 1 atom stereocenters. The largest absolute Gasteiger partial charge is 0.486 e. The molecule has 1 aliphatic heterocycles. The zero-order chi connectivity index (χ0) is 20.3. The minimum Gasteiger partial charge on any atom is -0.486 e. The second-order valence-electron chi connectivity index (χ2n) is 6.35. The zero-order valence-corrected chi connectivity index (χ0v) is 16.2. The van der Waals surface area contributed by atoms with Crippen molar-refractivity contribution in [1.29, 1.82) is 0 Å². The Morgan fingerprint density at radius 3 is 2.75 bits per heavy atom. The van der Waals surface area contributed by atoms with Crippen LogP contribution in [0, 0.1) is 5.82 Å². The van der Waals surface area contributed by atoms with Gasteiger partial charge in [-0.2, -0.15) is 0 Å². The van der Waals surface area contributed by atoms with Crippen LogP contribution >= 0.6 is 11.6 Å². The molecular weight excluding hydrogens is 389 g/mol. The summed E-state index contributed by atoms with van der Waals surface area (Å²) in [4.78, 5) is 26.3. The molecule has 0 radical (unpaired) electrons. The number of ether oxygens (including phenoxy) is 3. The molecule has 6 nitrogen and oxygen atoms in total. The molecule has 3 rings (SSSR count). The first-order chi connectivity index (χ1) is 13.3. The Kier molecular flexibility index (Phi) is 6.04. The van der Waals surface area contributed by atoms with E-state index in [1.807, 2.05) is 0 Å². The molecule has 148 valence electrons. The fraction of sp³-hybridized carbons (Fsp3) is 0.300. The molecule has 1 heterocycles. The number of esters is 1. The Morgan fingerprint density at radius 1 is 1.25 bits per heavy atom. The standard InChI is InChI=1S/C20H19ClFNO5/c1-12(19(24)23(2)11-13-4-3-5-15(22)8-13)28-20(25)14-9-16(21)18-17(10-14)26-6-7-27-18/h3-5,8-10,12H,6-7,11H2,1-2H3. The highest BCUT2D eigenvalue weighted by atomic mass is 35.5. The Labute approximate surface area is 166 Å². The van der Waals surface area contributed by atoms with Crippen molar-refractivity contribution >= 4 is 23.5 Å². The van der Waals surface area contributed by atoms with E-state index in [0.717, 1.165) is 0 Å². The zero-order valence-electron chi connectivity index (χ0n) is 15.4. The van der Waals surface area contributed by atoms with Gasteiger partial charge < -0.3 is 19.1 Å². The highest BCUT2D eigenvalue weighted by Gasteiger charge is 2.25. The molecule has 0 bridgehead atoms. The second kappa shape index (κ2) is 8.48. The number of likely N-dealkylation sites (N-methyl/N-ethyl adjacent to an activating group) is 1. The van der Waals surface area contributed by atoms with E-state index in [1.165, 1.54) is 36.1 Å². The molecule has 28 heavy (non-hydrogen) atoms. The monoisotopic (exact) mass is 407 g/mol. The smallest absolute Gasteiger partial charge is 0.339 e. The van der Waals surface area contributed by atoms with Crippen LogP contribution in [0.5, 0.6) is 11.5 Å². The lowest BCUT2D eigenvalue weighted by Crippen LogP contribution is -2.37. The maximum atomic E-state index is 13.3. The van der Waals surface area contributed by atoms with Gasteiger partial charge in [0.2, 0.25) is 0 Å². The summed E-state index contributed by atoms with van der Waals surface area (Å²) in [5.74, 6) is -0.773. The molecule has 0 saturated carbocycles. The average Bonchev–Trinajstić information content (AvgIpc) is 2.67. The Bertz CT molecular complexity index is 904. The molecule has 0 saturated heterocycles. The molecule has 2 aromatic carbocycles. The van der Waals surface area contributed by atoms with E-state index in [9.17, 15) is 14.0 Å². The summed E-state index contributed by atoms with van der Waals surface area (Å²) in [5, 5.41) is 0.228. The summed E-state index contributed by atoms with van der Waals surface area (Å²) in [7, 11) is 1.55. The van der Waals surface area contributed by atoms with E-state index in [2.05, 4.69) is 0 Å². The van der Waals surface area contributed by atoms with Crippen LogP contribution in [0.4, 0.5) is 4.39 Å². The predicted octanol–water partition coefficient (Wildman–Crippen LogP) is 3.45. The number of carbonyl (C=O) groups excluding carboxylic acids is 2. The number of carbonyl (C=O) groups is 2. The van der Waals surface area contributed by atoms with Gasteiger partial charge in [-0.3, -0.25) is 4.79 Å². The average molecular weight is 408 g/mol. The number of benzene rings is 2. The van der Waals surface area contributed by atoms with E-state index in [4.69, 9.17) is 25.8 Å². The van der Waals surface area contributed by atoms with Gasteiger partial charge in [0, 0.05) is 13.6 Å². The third kappa shape index (κ3) is 4.54. The minimum atomic E-state index is -1.03. The first-order valence-corrected chi connectivity index (χ1v) is 9.02. The summed E-state index contributed by atoms with van der Waals surface area (Å²) < 4.78 is 29.4. The molecule has 2 aromatic rings. The molecule has 8 heteroatoms. The van der Waals surface area contributed by atoms with E-state index >= 15 is 0 Å². The third-order valence-corrected chi connectivity index (χ3v) is 4.43. The van der Waals surface area contributed by atoms with Gasteiger partial charge in [0.15, 0.2) is 17.6 Å². The van der Waals surface area contributed by atoms with Gasteiger partial charge in [0.25, 0.3) is 5.91 Å².